The van der Waals surface area contributed by atoms with Crippen LogP contribution in [0, 0.1) is 5.82 Å². The third-order valence-corrected chi connectivity index (χ3v) is 2.56. The molecule has 0 unspecified atom stereocenters. The molecular formula is C15H14FN3O. The number of pyridine rings is 1. The summed E-state index contributed by atoms with van der Waals surface area (Å²) < 4.78 is 12.8. The molecule has 0 saturated carbocycles. The molecule has 0 aliphatic rings. The third kappa shape index (κ3) is 3.65. The van der Waals surface area contributed by atoms with Gasteiger partial charge in [0.15, 0.2) is 0 Å². The van der Waals surface area contributed by atoms with E-state index in [-0.39, 0.29) is 11.7 Å². The van der Waals surface area contributed by atoms with Crippen molar-refractivity contribution in [2.75, 3.05) is 17.2 Å². The van der Waals surface area contributed by atoms with E-state index in [2.05, 4.69) is 22.2 Å². The molecule has 0 radical (unpaired) electrons. The van der Waals surface area contributed by atoms with E-state index >= 15 is 0 Å². The van der Waals surface area contributed by atoms with Crippen molar-refractivity contribution in [2.45, 2.75) is 0 Å². The summed E-state index contributed by atoms with van der Waals surface area (Å²) in [5, 5.41) is 5.72. The van der Waals surface area contributed by atoms with Crippen molar-refractivity contribution in [2.24, 2.45) is 0 Å². The van der Waals surface area contributed by atoms with Gasteiger partial charge in [0.1, 0.15) is 11.6 Å². The number of anilines is 2. The molecule has 1 amide bonds. The Morgan fingerprint density at radius 2 is 2.00 bits per heavy atom. The fourth-order valence-corrected chi connectivity index (χ4v) is 1.55. The highest BCUT2D eigenvalue weighted by atomic mass is 19.1. The lowest BCUT2D eigenvalue weighted by atomic mass is 10.2. The van der Waals surface area contributed by atoms with Gasteiger partial charge < -0.3 is 10.6 Å². The molecule has 0 atom stereocenters. The minimum absolute atomic E-state index is 0.307. The molecule has 0 aliphatic carbocycles. The second-order valence-electron chi connectivity index (χ2n) is 4.06. The number of carbonyl (C=O) groups is 1. The molecule has 2 rings (SSSR count). The van der Waals surface area contributed by atoms with Crippen LogP contribution in [0.2, 0.25) is 0 Å². The molecule has 2 aromatic rings. The number of halogens is 1. The van der Waals surface area contributed by atoms with Gasteiger partial charge in [0.05, 0.1) is 11.9 Å². The van der Waals surface area contributed by atoms with Gasteiger partial charge in [-0.15, -0.1) is 6.58 Å². The number of aromatic nitrogens is 1. The normalized spacial score (nSPS) is 9.85. The van der Waals surface area contributed by atoms with Crippen molar-refractivity contribution < 1.29 is 9.18 Å². The smallest absolute Gasteiger partial charge is 0.255 e. The maximum Gasteiger partial charge on any atom is 0.255 e. The highest BCUT2D eigenvalue weighted by Crippen LogP contribution is 2.11. The molecule has 0 fully saturated rings. The summed E-state index contributed by atoms with van der Waals surface area (Å²) in [7, 11) is 0. The van der Waals surface area contributed by atoms with E-state index in [0.29, 0.717) is 23.6 Å². The Morgan fingerprint density at radius 3 is 2.60 bits per heavy atom. The molecule has 2 N–H and O–H groups in total. The molecule has 0 bridgehead atoms. The van der Waals surface area contributed by atoms with Gasteiger partial charge in [-0.05, 0) is 36.4 Å². The van der Waals surface area contributed by atoms with E-state index < -0.39 is 0 Å². The second-order valence-corrected chi connectivity index (χ2v) is 4.06. The van der Waals surface area contributed by atoms with E-state index in [1.54, 1.807) is 24.4 Å². The van der Waals surface area contributed by atoms with E-state index in [9.17, 15) is 9.18 Å². The summed E-state index contributed by atoms with van der Waals surface area (Å²) in [4.78, 5) is 16.0. The summed E-state index contributed by atoms with van der Waals surface area (Å²) in [6.45, 7) is 4.22. The molecule has 5 heteroatoms. The molecule has 1 heterocycles. The first-order chi connectivity index (χ1) is 9.69. The standard InChI is InChI=1S/C15H14FN3O/c1-2-9-17-14-8-7-13(10-18-14)19-15(20)11-3-5-12(16)6-4-11/h2-8,10H,1,9H2,(H,17,18)(H,19,20). The Hall–Kier alpha value is -2.69. The highest BCUT2D eigenvalue weighted by molar-refractivity contribution is 6.04. The van der Waals surface area contributed by atoms with Crippen LogP contribution < -0.4 is 10.6 Å². The Balaban J connectivity index is 2.00. The first-order valence-electron chi connectivity index (χ1n) is 6.07. The first-order valence-corrected chi connectivity index (χ1v) is 6.07. The first kappa shape index (κ1) is 13.7. The predicted octanol–water partition coefficient (Wildman–Crippen LogP) is 3.07. The average molecular weight is 271 g/mol. The van der Waals surface area contributed by atoms with E-state index in [4.69, 9.17) is 0 Å². The van der Waals surface area contributed by atoms with E-state index in [1.165, 1.54) is 24.3 Å². The number of carbonyl (C=O) groups excluding carboxylic acids is 1. The van der Waals surface area contributed by atoms with Crippen LogP contribution in [0.3, 0.4) is 0 Å². The monoisotopic (exact) mass is 271 g/mol. The van der Waals surface area contributed by atoms with Crippen LogP contribution in [0.5, 0.6) is 0 Å². The van der Waals surface area contributed by atoms with Crippen LogP contribution >= 0.6 is 0 Å². The molecule has 4 nitrogen and oxygen atoms in total. The lowest BCUT2D eigenvalue weighted by Gasteiger charge is -2.06. The van der Waals surface area contributed by atoms with Crippen LogP contribution in [-0.4, -0.2) is 17.4 Å². The Bertz CT molecular complexity index is 594. The number of nitrogens with zero attached hydrogens (tertiary/aromatic N) is 1. The second kappa shape index (κ2) is 6.47. The highest BCUT2D eigenvalue weighted by Gasteiger charge is 2.06. The summed E-state index contributed by atoms with van der Waals surface area (Å²) in [6, 6.07) is 8.84. The van der Waals surface area contributed by atoms with Gasteiger partial charge in [-0.25, -0.2) is 9.37 Å². The van der Waals surface area contributed by atoms with Crippen LogP contribution in [0.25, 0.3) is 0 Å². The summed E-state index contributed by atoms with van der Waals surface area (Å²) in [5.41, 5.74) is 0.962. The Labute approximate surface area is 116 Å². The van der Waals surface area contributed by atoms with Crippen molar-refractivity contribution in [3.8, 4) is 0 Å². The van der Waals surface area contributed by atoms with Gasteiger partial charge in [-0.2, -0.15) is 0 Å². The van der Waals surface area contributed by atoms with Crippen molar-refractivity contribution in [3.63, 3.8) is 0 Å². The lowest BCUT2D eigenvalue weighted by Crippen LogP contribution is -2.12. The summed E-state index contributed by atoms with van der Waals surface area (Å²) in [5.74, 6) is 0.0177. The molecule has 20 heavy (non-hydrogen) atoms. The fourth-order valence-electron chi connectivity index (χ4n) is 1.55. The zero-order valence-corrected chi connectivity index (χ0v) is 10.8. The molecule has 1 aromatic heterocycles. The largest absolute Gasteiger partial charge is 0.367 e. The van der Waals surface area contributed by atoms with Gasteiger partial charge in [0.25, 0.3) is 5.91 Å². The van der Waals surface area contributed by atoms with Crippen LogP contribution in [0.1, 0.15) is 10.4 Å². The predicted molar refractivity (Wildman–Crippen MR) is 77.3 cm³/mol. The maximum absolute atomic E-state index is 12.8. The SMILES string of the molecule is C=CCNc1ccc(NC(=O)c2ccc(F)cc2)cn1. The minimum Gasteiger partial charge on any atom is -0.367 e. The van der Waals surface area contributed by atoms with Gasteiger partial charge in [0.2, 0.25) is 0 Å². The zero-order valence-electron chi connectivity index (χ0n) is 10.8. The molecule has 0 saturated heterocycles. The van der Waals surface area contributed by atoms with Crippen molar-refractivity contribution in [1.82, 2.24) is 4.98 Å². The summed E-state index contributed by atoms with van der Waals surface area (Å²) >= 11 is 0. The number of hydrogen-bond donors (Lipinski definition) is 2. The van der Waals surface area contributed by atoms with Crippen molar-refractivity contribution >= 4 is 17.4 Å². The lowest BCUT2D eigenvalue weighted by molar-refractivity contribution is 0.102. The number of benzene rings is 1. The molecule has 0 spiro atoms. The quantitative estimate of drug-likeness (QED) is 0.822. The van der Waals surface area contributed by atoms with Gasteiger partial charge in [0, 0.05) is 12.1 Å². The Kier molecular flexibility index (Phi) is 4.44. The van der Waals surface area contributed by atoms with Gasteiger partial charge >= 0.3 is 0 Å². The number of amides is 1. The van der Waals surface area contributed by atoms with Gasteiger partial charge in [-0.3, -0.25) is 4.79 Å². The van der Waals surface area contributed by atoms with E-state index in [1.807, 2.05) is 0 Å². The topological polar surface area (TPSA) is 54.0 Å². The third-order valence-electron chi connectivity index (χ3n) is 2.56. The van der Waals surface area contributed by atoms with Crippen LogP contribution in [-0.2, 0) is 0 Å². The van der Waals surface area contributed by atoms with Crippen LogP contribution in [0.4, 0.5) is 15.9 Å². The van der Waals surface area contributed by atoms with Crippen molar-refractivity contribution in [1.29, 1.82) is 0 Å². The van der Waals surface area contributed by atoms with Crippen LogP contribution in [0.15, 0.2) is 55.3 Å². The number of hydrogen-bond acceptors (Lipinski definition) is 3. The number of rotatable bonds is 5. The maximum atomic E-state index is 12.8. The summed E-state index contributed by atoms with van der Waals surface area (Å²) in [6.07, 6.45) is 3.28. The molecular weight excluding hydrogens is 257 g/mol. The minimum atomic E-state index is -0.374. The zero-order chi connectivity index (χ0) is 14.4. The van der Waals surface area contributed by atoms with E-state index in [0.717, 1.165) is 0 Å². The molecule has 102 valence electrons. The number of nitrogens with one attached hydrogen (secondary N) is 2. The van der Waals surface area contributed by atoms with Gasteiger partial charge in [-0.1, -0.05) is 6.08 Å². The fraction of sp³-hybridized carbons (Fsp3) is 0.0667. The molecule has 0 aliphatic heterocycles. The Morgan fingerprint density at radius 1 is 1.25 bits per heavy atom. The average Bonchev–Trinajstić information content (AvgIpc) is 2.47. The molecule has 1 aromatic carbocycles. The van der Waals surface area contributed by atoms with Crippen molar-refractivity contribution in [3.05, 3.63) is 66.6 Å².